The first-order valence-electron chi connectivity index (χ1n) is 12.7. The van der Waals surface area contributed by atoms with Gasteiger partial charge in [0.25, 0.3) is 5.56 Å². The number of hydrogen-bond donors (Lipinski definition) is 1. The van der Waals surface area contributed by atoms with Crippen LogP contribution in [0, 0.1) is 0 Å². The quantitative estimate of drug-likeness (QED) is 0.729. The Hall–Kier alpha value is -2.54. The Morgan fingerprint density at radius 3 is 2.67 bits per heavy atom. The maximum absolute atomic E-state index is 13.2. The van der Waals surface area contributed by atoms with Gasteiger partial charge in [0, 0.05) is 50.1 Å². The van der Waals surface area contributed by atoms with E-state index in [0.29, 0.717) is 18.3 Å². The molecule has 0 unspecified atom stereocenters. The summed E-state index contributed by atoms with van der Waals surface area (Å²) in [5.41, 5.74) is 2.99. The highest BCUT2D eigenvalue weighted by Gasteiger charge is 2.32. The number of pyridine rings is 1. The van der Waals surface area contributed by atoms with Gasteiger partial charge in [-0.25, -0.2) is 4.98 Å². The number of hydrogen-bond acceptors (Lipinski definition) is 5. The van der Waals surface area contributed by atoms with E-state index in [9.17, 15) is 9.59 Å². The van der Waals surface area contributed by atoms with Crippen LogP contribution in [-0.4, -0.2) is 49.8 Å². The summed E-state index contributed by atoms with van der Waals surface area (Å²) < 4.78 is 0. The van der Waals surface area contributed by atoms with Crippen LogP contribution in [-0.2, 0) is 24.2 Å². The number of carbonyl (C=O) groups excluding carboxylic acids is 1. The standard InChI is InChI=1S/C26H35N5O2/c32-24(10-5-6-19-11-14-27-15-12-19)31-16-4-3-9-23(31)25-28-22-18-30(20-7-1-2-8-20)17-13-21(22)26(33)29-25/h11-12,14-15,20,23H,1-10,13,16-18H2,(H,28,29,33)/t23-/m1/s1. The van der Waals surface area contributed by atoms with Gasteiger partial charge in [0.05, 0.1) is 11.7 Å². The van der Waals surface area contributed by atoms with E-state index in [2.05, 4.69) is 14.9 Å². The third-order valence-corrected chi connectivity index (χ3v) is 7.71. The lowest BCUT2D eigenvalue weighted by molar-refractivity contribution is -0.135. The van der Waals surface area contributed by atoms with Crippen LogP contribution < -0.4 is 5.56 Å². The number of aryl methyl sites for hydroxylation is 1. The first-order chi connectivity index (χ1) is 16.2. The molecule has 1 amide bonds. The van der Waals surface area contributed by atoms with Crippen molar-refractivity contribution in [1.82, 2.24) is 24.8 Å². The summed E-state index contributed by atoms with van der Waals surface area (Å²) in [5.74, 6) is 0.857. The second-order valence-corrected chi connectivity index (χ2v) is 9.84. The van der Waals surface area contributed by atoms with Crippen molar-refractivity contribution in [2.75, 3.05) is 13.1 Å². The summed E-state index contributed by atoms with van der Waals surface area (Å²) in [6.45, 7) is 2.46. The van der Waals surface area contributed by atoms with Gasteiger partial charge in [0.2, 0.25) is 5.91 Å². The van der Waals surface area contributed by atoms with E-state index in [1.165, 1.54) is 31.2 Å². The maximum Gasteiger partial charge on any atom is 0.254 e. The third kappa shape index (κ3) is 5.03. The van der Waals surface area contributed by atoms with Crippen LogP contribution in [0.5, 0.6) is 0 Å². The number of amides is 1. The Morgan fingerprint density at radius 1 is 1.06 bits per heavy atom. The third-order valence-electron chi connectivity index (χ3n) is 7.71. The number of nitrogens with one attached hydrogen (secondary N) is 1. The molecular weight excluding hydrogens is 414 g/mol. The zero-order valence-corrected chi connectivity index (χ0v) is 19.5. The van der Waals surface area contributed by atoms with Gasteiger partial charge in [0.1, 0.15) is 5.82 Å². The number of nitrogens with zero attached hydrogens (tertiary/aromatic N) is 4. The van der Waals surface area contributed by atoms with Crippen LogP contribution in [0.3, 0.4) is 0 Å². The molecule has 33 heavy (non-hydrogen) atoms. The molecule has 0 spiro atoms. The second-order valence-electron chi connectivity index (χ2n) is 9.84. The van der Waals surface area contributed by atoms with Crippen molar-refractivity contribution in [3.8, 4) is 0 Å². The normalized spacial score (nSPS) is 21.8. The minimum Gasteiger partial charge on any atom is -0.333 e. The van der Waals surface area contributed by atoms with Crippen LogP contribution in [0.4, 0.5) is 0 Å². The van der Waals surface area contributed by atoms with Gasteiger partial charge in [-0.05, 0) is 69.1 Å². The summed E-state index contributed by atoms with van der Waals surface area (Å²) in [7, 11) is 0. The minimum atomic E-state index is -0.118. The van der Waals surface area contributed by atoms with Crippen molar-refractivity contribution in [2.45, 2.75) is 89.3 Å². The zero-order chi connectivity index (χ0) is 22.6. The topological polar surface area (TPSA) is 82.2 Å². The van der Waals surface area contributed by atoms with E-state index in [1.54, 1.807) is 12.4 Å². The van der Waals surface area contributed by atoms with Crippen molar-refractivity contribution in [1.29, 1.82) is 0 Å². The summed E-state index contributed by atoms with van der Waals surface area (Å²) >= 11 is 0. The Morgan fingerprint density at radius 2 is 1.85 bits per heavy atom. The highest BCUT2D eigenvalue weighted by molar-refractivity contribution is 5.76. The first-order valence-corrected chi connectivity index (χ1v) is 12.7. The van der Waals surface area contributed by atoms with E-state index in [0.717, 1.165) is 69.4 Å². The summed E-state index contributed by atoms with van der Waals surface area (Å²) in [5, 5.41) is 0. The van der Waals surface area contributed by atoms with Gasteiger partial charge in [-0.1, -0.05) is 12.8 Å². The summed E-state index contributed by atoms with van der Waals surface area (Å²) in [6, 6.07) is 4.53. The van der Waals surface area contributed by atoms with Gasteiger partial charge >= 0.3 is 0 Å². The molecule has 3 aliphatic rings. The van der Waals surface area contributed by atoms with Gasteiger partial charge in [-0.2, -0.15) is 0 Å². The Bertz CT molecular complexity index is 1020. The molecule has 2 aliphatic heterocycles. The number of rotatable bonds is 6. The van der Waals surface area contributed by atoms with Crippen LogP contribution in [0.1, 0.15) is 86.5 Å². The molecule has 7 nitrogen and oxygen atoms in total. The van der Waals surface area contributed by atoms with Crippen LogP contribution in [0.2, 0.25) is 0 Å². The molecule has 2 fully saturated rings. The zero-order valence-electron chi connectivity index (χ0n) is 19.5. The highest BCUT2D eigenvalue weighted by atomic mass is 16.2. The number of aromatic amines is 1. The summed E-state index contributed by atoms with van der Waals surface area (Å²) in [6.07, 6.45) is 14.6. The molecule has 4 heterocycles. The number of likely N-dealkylation sites (tertiary alicyclic amines) is 1. The number of carbonyl (C=O) groups is 1. The average Bonchev–Trinajstić information content (AvgIpc) is 3.39. The van der Waals surface area contributed by atoms with Gasteiger partial charge in [0.15, 0.2) is 0 Å². The lowest BCUT2D eigenvalue weighted by atomic mass is 9.99. The predicted molar refractivity (Wildman–Crippen MR) is 127 cm³/mol. The first kappa shape index (κ1) is 22.3. The molecule has 1 N–H and O–H groups in total. The van der Waals surface area contributed by atoms with Gasteiger partial charge < -0.3 is 9.88 Å². The Kier molecular flexibility index (Phi) is 6.85. The molecule has 1 atom stereocenters. The van der Waals surface area contributed by atoms with Crippen molar-refractivity contribution in [2.24, 2.45) is 0 Å². The van der Waals surface area contributed by atoms with Crippen LogP contribution >= 0.6 is 0 Å². The molecule has 1 saturated carbocycles. The molecule has 5 rings (SSSR count). The van der Waals surface area contributed by atoms with Crippen LogP contribution in [0.25, 0.3) is 0 Å². The fourth-order valence-corrected chi connectivity index (χ4v) is 5.87. The van der Waals surface area contributed by atoms with Gasteiger partial charge in [-0.15, -0.1) is 0 Å². The maximum atomic E-state index is 13.2. The van der Waals surface area contributed by atoms with E-state index < -0.39 is 0 Å². The number of piperidine rings is 1. The van der Waals surface area contributed by atoms with Crippen molar-refractivity contribution >= 4 is 5.91 Å². The van der Waals surface area contributed by atoms with Crippen molar-refractivity contribution in [3.05, 3.63) is 57.5 Å². The Labute approximate surface area is 195 Å². The SMILES string of the molecule is O=C(CCCc1ccncc1)N1CCCC[C@@H]1c1nc2c(c(=O)[nH]1)CCN(C1CCCC1)C2. The molecule has 7 heteroatoms. The monoisotopic (exact) mass is 449 g/mol. The molecule has 2 aromatic rings. The highest BCUT2D eigenvalue weighted by Crippen LogP contribution is 2.31. The smallest absolute Gasteiger partial charge is 0.254 e. The number of H-pyrrole nitrogens is 1. The molecule has 0 aromatic carbocycles. The summed E-state index contributed by atoms with van der Waals surface area (Å²) in [4.78, 5) is 42.7. The van der Waals surface area contributed by atoms with Crippen LogP contribution in [0.15, 0.2) is 29.3 Å². The second kappa shape index (κ2) is 10.2. The number of aromatic nitrogens is 3. The average molecular weight is 450 g/mol. The molecule has 176 valence electrons. The van der Waals surface area contributed by atoms with E-state index in [-0.39, 0.29) is 17.5 Å². The lowest BCUT2D eigenvalue weighted by Crippen LogP contribution is -2.43. The molecule has 1 aliphatic carbocycles. The number of fused-ring (bicyclic) bond motifs is 1. The molecular formula is C26H35N5O2. The fourth-order valence-electron chi connectivity index (χ4n) is 5.87. The predicted octanol–water partition coefficient (Wildman–Crippen LogP) is 3.54. The van der Waals surface area contributed by atoms with E-state index >= 15 is 0 Å². The van der Waals surface area contributed by atoms with Gasteiger partial charge in [-0.3, -0.25) is 19.5 Å². The molecule has 0 radical (unpaired) electrons. The van der Waals surface area contributed by atoms with E-state index in [1.807, 2.05) is 17.0 Å². The molecule has 1 saturated heterocycles. The fraction of sp³-hybridized carbons (Fsp3) is 0.615. The van der Waals surface area contributed by atoms with Crippen molar-refractivity contribution in [3.63, 3.8) is 0 Å². The lowest BCUT2D eigenvalue weighted by Gasteiger charge is -2.36. The van der Waals surface area contributed by atoms with Crippen molar-refractivity contribution < 1.29 is 4.79 Å². The molecule has 0 bridgehead atoms. The Balaban J connectivity index is 1.29. The molecule has 2 aromatic heterocycles. The largest absolute Gasteiger partial charge is 0.333 e. The minimum absolute atomic E-state index is 0.00303. The van der Waals surface area contributed by atoms with E-state index in [4.69, 9.17) is 4.98 Å².